The SMILES string of the molecule is CC(O[Si](C)(C)C)(c1ccc(Cl)cc1)C(F)(F)F. The first-order valence-electron chi connectivity index (χ1n) is 5.49. The summed E-state index contributed by atoms with van der Waals surface area (Å²) in [4.78, 5) is 0. The lowest BCUT2D eigenvalue weighted by Crippen LogP contribution is -2.48. The van der Waals surface area contributed by atoms with Gasteiger partial charge in [-0.15, -0.1) is 0 Å². The summed E-state index contributed by atoms with van der Waals surface area (Å²) in [6, 6.07) is 5.59. The molecule has 1 atom stereocenters. The lowest BCUT2D eigenvalue weighted by atomic mass is 9.96. The second kappa shape index (κ2) is 4.87. The van der Waals surface area contributed by atoms with Crippen LogP contribution in [0.5, 0.6) is 0 Å². The Balaban J connectivity index is 3.25. The van der Waals surface area contributed by atoms with Crippen LogP contribution in [-0.4, -0.2) is 14.5 Å². The molecule has 0 radical (unpaired) electrons. The van der Waals surface area contributed by atoms with Gasteiger partial charge in [0.1, 0.15) is 0 Å². The predicted molar refractivity (Wildman–Crippen MR) is 69.3 cm³/mol. The number of hydrogen-bond donors (Lipinski definition) is 0. The third-order valence-electron chi connectivity index (χ3n) is 2.45. The van der Waals surface area contributed by atoms with E-state index in [2.05, 4.69) is 0 Å². The van der Waals surface area contributed by atoms with Gasteiger partial charge in [-0.25, -0.2) is 0 Å². The molecule has 0 aliphatic carbocycles. The number of rotatable bonds is 3. The average Bonchev–Trinajstić information content (AvgIpc) is 2.13. The van der Waals surface area contributed by atoms with Crippen LogP contribution in [0.15, 0.2) is 24.3 Å². The Morgan fingerprint density at radius 2 is 1.50 bits per heavy atom. The number of hydrogen-bond acceptors (Lipinski definition) is 1. The molecule has 0 spiro atoms. The van der Waals surface area contributed by atoms with Crippen LogP contribution in [0.4, 0.5) is 13.2 Å². The highest BCUT2D eigenvalue weighted by Gasteiger charge is 2.55. The van der Waals surface area contributed by atoms with Gasteiger partial charge >= 0.3 is 6.18 Å². The molecule has 0 saturated carbocycles. The summed E-state index contributed by atoms with van der Waals surface area (Å²) >= 11 is 5.70. The van der Waals surface area contributed by atoms with Crippen molar-refractivity contribution in [3.8, 4) is 0 Å². The molecule has 0 aliphatic heterocycles. The lowest BCUT2D eigenvalue weighted by Gasteiger charge is -2.38. The second-order valence-electron chi connectivity index (χ2n) is 5.25. The Bertz CT molecular complexity index is 411. The van der Waals surface area contributed by atoms with Gasteiger partial charge < -0.3 is 4.43 Å². The summed E-state index contributed by atoms with van der Waals surface area (Å²) in [7, 11) is -2.35. The highest BCUT2D eigenvalue weighted by Crippen LogP contribution is 2.43. The zero-order valence-corrected chi connectivity index (χ0v) is 12.5. The van der Waals surface area contributed by atoms with E-state index in [0.29, 0.717) is 5.02 Å². The fraction of sp³-hybridized carbons (Fsp3) is 0.500. The van der Waals surface area contributed by atoms with Crippen LogP contribution >= 0.6 is 11.6 Å². The van der Waals surface area contributed by atoms with Gasteiger partial charge in [-0.1, -0.05) is 23.7 Å². The van der Waals surface area contributed by atoms with Crippen LogP contribution in [0.1, 0.15) is 12.5 Å². The Hall–Kier alpha value is -0.523. The molecule has 0 fully saturated rings. The van der Waals surface area contributed by atoms with Crippen molar-refractivity contribution in [2.24, 2.45) is 0 Å². The van der Waals surface area contributed by atoms with Crippen molar-refractivity contribution in [3.05, 3.63) is 34.9 Å². The number of halogens is 4. The summed E-state index contributed by atoms with van der Waals surface area (Å²) in [6.45, 7) is 6.25. The van der Waals surface area contributed by atoms with Crippen molar-refractivity contribution in [3.63, 3.8) is 0 Å². The van der Waals surface area contributed by atoms with Gasteiger partial charge in [0.25, 0.3) is 0 Å². The molecular weight excluding hydrogens is 281 g/mol. The van der Waals surface area contributed by atoms with E-state index in [1.54, 1.807) is 19.6 Å². The second-order valence-corrected chi connectivity index (χ2v) is 10.1. The summed E-state index contributed by atoms with van der Waals surface area (Å²) in [6.07, 6.45) is -4.47. The summed E-state index contributed by atoms with van der Waals surface area (Å²) < 4.78 is 45.2. The van der Waals surface area contributed by atoms with Crippen molar-refractivity contribution in [2.75, 3.05) is 0 Å². The zero-order valence-electron chi connectivity index (χ0n) is 10.7. The summed E-state index contributed by atoms with van der Waals surface area (Å²) in [5, 5.41) is 0.399. The van der Waals surface area contributed by atoms with Crippen molar-refractivity contribution in [1.82, 2.24) is 0 Å². The molecule has 0 N–H and O–H groups in total. The molecule has 0 bridgehead atoms. The van der Waals surface area contributed by atoms with E-state index in [9.17, 15) is 13.2 Å². The molecule has 0 aromatic heterocycles. The van der Waals surface area contributed by atoms with E-state index in [-0.39, 0.29) is 5.56 Å². The summed E-state index contributed by atoms with van der Waals surface area (Å²) in [5.74, 6) is 0. The van der Waals surface area contributed by atoms with E-state index >= 15 is 0 Å². The monoisotopic (exact) mass is 296 g/mol. The normalized spacial score (nSPS) is 16.4. The van der Waals surface area contributed by atoms with E-state index in [1.165, 1.54) is 24.3 Å². The minimum Gasteiger partial charge on any atom is -0.401 e. The fourth-order valence-electron chi connectivity index (χ4n) is 1.66. The first-order chi connectivity index (χ1) is 7.96. The standard InChI is InChI=1S/C12H16ClF3OSi/c1-11(12(14,15)16,17-18(2,3)4)9-5-7-10(13)8-6-9/h5-8H,1-4H3. The summed E-state index contributed by atoms with van der Waals surface area (Å²) in [5.41, 5.74) is -2.22. The van der Waals surface area contributed by atoms with Gasteiger partial charge in [0.2, 0.25) is 0 Å². The predicted octanol–water partition coefficient (Wildman–Crippen LogP) is 4.97. The van der Waals surface area contributed by atoms with Crippen LogP contribution < -0.4 is 0 Å². The minimum absolute atomic E-state index is 0.0711. The first-order valence-corrected chi connectivity index (χ1v) is 9.27. The van der Waals surface area contributed by atoms with Crippen molar-refractivity contribution in [2.45, 2.75) is 38.3 Å². The van der Waals surface area contributed by atoms with E-state index in [4.69, 9.17) is 16.0 Å². The van der Waals surface area contributed by atoms with Gasteiger partial charge in [0.05, 0.1) is 0 Å². The van der Waals surface area contributed by atoms with E-state index < -0.39 is 20.1 Å². The van der Waals surface area contributed by atoms with E-state index in [0.717, 1.165) is 6.92 Å². The van der Waals surface area contributed by atoms with Gasteiger partial charge in [-0.2, -0.15) is 13.2 Å². The molecule has 6 heteroatoms. The van der Waals surface area contributed by atoms with E-state index in [1.807, 2.05) is 0 Å². The van der Waals surface area contributed by atoms with Crippen LogP contribution in [0, 0.1) is 0 Å². The highest BCUT2D eigenvalue weighted by atomic mass is 35.5. The third kappa shape index (κ3) is 3.49. The largest absolute Gasteiger partial charge is 0.420 e. The number of benzene rings is 1. The fourth-order valence-corrected chi connectivity index (χ4v) is 3.25. The van der Waals surface area contributed by atoms with Gasteiger partial charge in [0, 0.05) is 5.02 Å². The Labute approximate surface area is 111 Å². The molecule has 1 aromatic carbocycles. The molecule has 1 nitrogen and oxygen atoms in total. The van der Waals surface area contributed by atoms with Gasteiger partial charge in [-0.3, -0.25) is 0 Å². The smallest absolute Gasteiger partial charge is 0.401 e. The Morgan fingerprint density at radius 3 is 1.83 bits per heavy atom. The van der Waals surface area contributed by atoms with Gasteiger partial charge in [-0.05, 0) is 44.3 Å². The van der Waals surface area contributed by atoms with Crippen LogP contribution in [0.3, 0.4) is 0 Å². The number of alkyl halides is 3. The first kappa shape index (κ1) is 15.5. The quantitative estimate of drug-likeness (QED) is 0.716. The third-order valence-corrected chi connectivity index (χ3v) is 3.72. The zero-order chi connectivity index (χ0) is 14.2. The molecule has 0 aliphatic rings. The highest BCUT2D eigenvalue weighted by molar-refractivity contribution is 6.69. The molecule has 0 saturated heterocycles. The molecule has 0 amide bonds. The minimum atomic E-state index is -4.47. The molecular formula is C12H16ClF3OSi. The Morgan fingerprint density at radius 1 is 1.06 bits per heavy atom. The van der Waals surface area contributed by atoms with Crippen LogP contribution in [0.25, 0.3) is 0 Å². The molecule has 1 unspecified atom stereocenters. The molecule has 18 heavy (non-hydrogen) atoms. The van der Waals surface area contributed by atoms with Crippen molar-refractivity contribution < 1.29 is 17.6 Å². The van der Waals surface area contributed by atoms with Gasteiger partial charge in [0.15, 0.2) is 13.9 Å². The molecule has 1 aromatic rings. The maximum absolute atomic E-state index is 13.3. The topological polar surface area (TPSA) is 9.23 Å². The maximum atomic E-state index is 13.3. The Kier molecular flexibility index (Phi) is 4.20. The molecule has 0 heterocycles. The van der Waals surface area contributed by atoms with Crippen LogP contribution in [0.2, 0.25) is 24.7 Å². The van der Waals surface area contributed by atoms with Crippen molar-refractivity contribution >= 4 is 19.9 Å². The molecule has 102 valence electrons. The average molecular weight is 297 g/mol. The van der Waals surface area contributed by atoms with Crippen molar-refractivity contribution in [1.29, 1.82) is 0 Å². The lowest BCUT2D eigenvalue weighted by molar-refractivity contribution is -0.250. The molecule has 1 rings (SSSR count). The maximum Gasteiger partial charge on any atom is 0.420 e. The van der Waals surface area contributed by atoms with Crippen LogP contribution in [-0.2, 0) is 10.0 Å².